The molecule has 3 nitrogen and oxygen atoms in total. The average Bonchev–Trinajstić information content (AvgIpc) is 2.17. The van der Waals surface area contributed by atoms with Crippen molar-refractivity contribution in [1.29, 1.82) is 0 Å². The number of hydrogen-bond donors (Lipinski definition) is 0. The van der Waals surface area contributed by atoms with Gasteiger partial charge in [-0.05, 0) is 28.8 Å². The van der Waals surface area contributed by atoms with Crippen LogP contribution >= 0.6 is 15.9 Å². The van der Waals surface area contributed by atoms with E-state index < -0.39 is 0 Å². The number of nitrogens with zero attached hydrogens (tertiary/aromatic N) is 3. The first-order valence-corrected chi connectivity index (χ1v) is 4.75. The minimum atomic E-state index is 0.731. The fourth-order valence-electron chi connectivity index (χ4n) is 1.43. The van der Waals surface area contributed by atoms with E-state index >= 15 is 0 Å². The molecule has 1 aromatic rings. The van der Waals surface area contributed by atoms with Gasteiger partial charge < -0.3 is 0 Å². The third kappa shape index (κ3) is 1.45. The van der Waals surface area contributed by atoms with Gasteiger partial charge in [-0.2, -0.15) is 0 Å². The highest BCUT2D eigenvalue weighted by molar-refractivity contribution is 9.10. The van der Waals surface area contributed by atoms with Crippen LogP contribution in [0.25, 0.3) is 0 Å². The summed E-state index contributed by atoms with van der Waals surface area (Å²) in [6.45, 7) is 1.04. The maximum absolute atomic E-state index is 4.28. The summed E-state index contributed by atoms with van der Waals surface area (Å²) in [6, 6.07) is 0. The molecule has 60 valence electrons. The van der Waals surface area contributed by atoms with E-state index in [1.165, 1.54) is 19.3 Å². The molecule has 0 fully saturated rings. The van der Waals surface area contributed by atoms with Gasteiger partial charge in [-0.15, -0.1) is 5.10 Å². The number of aryl methyl sites for hydroxylation is 2. The van der Waals surface area contributed by atoms with Crippen LogP contribution < -0.4 is 0 Å². The Morgan fingerprint density at radius 3 is 3.09 bits per heavy atom. The van der Waals surface area contributed by atoms with Crippen LogP contribution in [0.4, 0.5) is 0 Å². The van der Waals surface area contributed by atoms with E-state index in [-0.39, 0.29) is 0 Å². The topological polar surface area (TPSA) is 30.7 Å². The summed E-state index contributed by atoms with van der Waals surface area (Å²) in [4.78, 5) is 4.28. The number of fused-ring (bicyclic) bond motifs is 1. The van der Waals surface area contributed by atoms with Crippen LogP contribution in [0.15, 0.2) is 4.73 Å². The average molecular weight is 216 g/mol. The number of halogens is 1. The van der Waals surface area contributed by atoms with Crippen molar-refractivity contribution in [2.75, 3.05) is 0 Å². The molecule has 1 aliphatic heterocycles. The highest BCUT2D eigenvalue weighted by Crippen LogP contribution is 2.14. The number of hydrogen-bond acceptors (Lipinski definition) is 2. The SMILES string of the molecule is Brc1nc2n(n1)CCCCC2. The number of aromatic nitrogens is 3. The molecule has 0 bridgehead atoms. The second-order valence-electron chi connectivity index (χ2n) is 2.83. The molecule has 4 heteroatoms. The summed E-state index contributed by atoms with van der Waals surface area (Å²) in [5.74, 6) is 1.13. The van der Waals surface area contributed by atoms with Crippen molar-refractivity contribution in [3.05, 3.63) is 10.6 Å². The maximum atomic E-state index is 4.28. The maximum Gasteiger partial charge on any atom is 0.217 e. The minimum absolute atomic E-state index is 0.731. The molecule has 2 rings (SSSR count). The molecule has 2 heterocycles. The van der Waals surface area contributed by atoms with Crippen LogP contribution in [0.5, 0.6) is 0 Å². The Kier molecular flexibility index (Phi) is 1.94. The Hall–Kier alpha value is -0.380. The molecule has 11 heavy (non-hydrogen) atoms. The quantitative estimate of drug-likeness (QED) is 0.661. The molecule has 0 spiro atoms. The lowest BCUT2D eigenvalue weighted by molar-refractivity contribution is 0.572. The van der Waals surface area contributed by atoms with E-state index in [9.17, 15) is 0 Å². The molecule has 1 aromatic heterocycles. The van der Waals surface area contributed by atoms with Crippen LogP contribution in [0.1, 0.15) is 25.1 Å². The van der Waals surface area contributed by atoms with Crippen molar-refractivity contribution in [2.45, 2.75) is 32.2 Å². The molecule has 0 saturated carbocycles. The fraction of sp³-hybridized carbons (Fsp3) is 0.714. The van der Waals surface area contributed by atoms with Crippen molar-refractivity contribution in [3.63, 3.8) is 0 Å². The van der Waals surface area contributed by atoms with Crippen LogP contribution in [0, 0.1) is 0 Å². The smallest absolute Gasteiger partial charge is 0.217 e. The van der Waals surface area contributed by atoms with Crippen molar-refractivity contribution in [2.24, 2.45) is 0 Å². The molecule has 1 aliphatic rings. The normalized spacial score (nSPS) is 17.5. The minimum Gasteiger partial charge on any atom is -0.249 e. The van der Waals surface area contributed by atoms with Gasteiger partial charge in [0.05, 0.1) is 0 Å². The third-order valence-corrected chi connectivity index (χ3v) is 2.33. The summed E-state index contributed by atoms with van der Waals surface area (Å²) >= 11 is 3.27. The van der Waals surface area contributed by atoms with E-state index in [4.69, 9.17) is 0 Å². The first-order valence-electron chi connectivity index (χ1n) is 3.95. The molecule has 0 aromatic carbocycles. The lowest BCUT2D eigenvalue weighted by Gasteiger charge is -1.96. The van der Waals surface area contributed by atoms with Crippen LogP contribution in [-0.2, 0) is 13.0 Å². The van der Waals surface area contributed by atoms with Crippen molar-refractivity contribution < 1.29 is 0 Å². The zero-order valence-corrected chi connectivity index (χ0v) is 7.84. The molecule has 0 unspecified atom stereocenters. The van der Waals surface area contributed by atoms with Crippen molar-refractivity contribution in [1.82, 2.24) is 14.8 Å². The van der Waals surface area contributed by atoms with Gasteiger partial charge in [-0.25, -0.2) is 9.67 Å². The zero-order valence-electron chi connectivity index (χ0n) is 6.26. The Labute approximate surface area is 73.9 Å². The van der Waals surface area contributed by atoms with Crippen LogP contribution in [-0.4, -0.2) is 14.8 Å². The highest BCUT2D eigenvalue weighted by Gasteiger charge is 2.10. The summed E-state index contributed by atoms with van der Waals surface area (Å²) in [7, 11) is 0. The van der Waals surface area contributed by atoms with Crippen molar-refractivity contribution >= 4 is 15.9 Å². The predicted octanol–water partition coefficient (Wildman–Crippen LogP) is 1.77. The summed E-state index contributed by atoms with van der Waals surface area (Å²) in [5, 5.41) is 4.23. The second kappa shape index (κ2) is 2.93. The molecule has 0 saturated heterocycles. The standard InChI is InChI=1S/C7H10BrN3/c8-7-9-6-4-2-1-3-5-11(6)10-7/h1-5H2. The lowest BCUT2D eigenvalue weighted by atomic mass is 10.2. The van der Waals surface area contributed by atoms with Gasteiger partial charge in [-0.1, -0.05) is 6.42 Å². The Balaban J connectivity index is 2.32. The van der Waals surface area contributed by atoms with Crippen LogP contribution in [0.3, 0.4) is 0 Å². The Bertz CT molecular complexity index is 233. The molecular formula is C7H10BrN3. The Morgan fingerprint density at radius 1 is 1.27 bits per heavy atom. The first kappa shape index (κ1) is 7.28. The van der Waals surface area contributed by atoms with Crippen LogP contribution in [0.2, 0.25) is 0 Å². The molecule has 0 N–H and O–H groups in total. The summed E-state index contributed by atoms with van der Waals surface area (Å²) in [5.41, 5.74) is 0. The van der Waals surface area contributed by atoms with E-state index in [0.29, 0.717) is 0 Å². The van der Waals surface area contributed by atoms with Gasteiger partial charge in [0, 0.05) is 13.0 Å². The van der Waals surface area contributed by atoms with Gasteiger partial charge in [0.2, 0.25) is 4.73 Å². The van der Waals surface area contributed by atoms with E-state index in [2.05, 4.69) is 26.0 Å². The van der Waals surface area contributed by atoms with Gasteiger partial charge in [0.15, 0.2) is 0 Å². The van der Waals surface area contributed by atoms with E-state index in [0.717, 1.165) is 23.5 Å². The highest BCUT2D eigenvalue weighted by atomic mass is 79.9. The Morgan fingerprint density at radius 2 is 2.18 bits per heavy atom. The predicted molar refractivity (Wildman–Crippen MR) is 45.3 cm³/mol. The van der Waals surface area contributed by atoms with E-state index in [1.54, 1.807) is 0 Å². The largest absolute Gasteiger partial charge is 0.249 e. The van der Waals surface area contributed by atoms with E-state index in [1.807, 2.05) is 4.68 Å². The summed E-state index contributed by atoms with van der Waals surface area (Å²) in [6.07, 6.45) is 4.88. The number of rotatable bonds is 0. The van der Waals surface area contributed by atoms with Gasteiger partial charge in [0.1, 0.15) is 5.82 Å². The summed E-state index contributed by atoms with van der Waals surface area (Å²) < 4.78 is 2.74. The van der Waals surface area contributed by atoms with Crippen molar-refractivity contribution in [3.8, 4) is 0 Å². The molecule has 0 atom stereocenters. The van der Waals surface area contributed by atoms with Gasteiger partial charge in [0.25, 0.3) is 0 Å². The zero-order chi connectivity index (χ0) is 7.68. The monoisotopic (exact) mass is 215 g/mol. The van der Waals surface area contributed by atoms with Gasteiger partial charge >= 0.3 is 0 Å². The molecule has 0 radical (unpaired) electrons. The second-order valence-corrected chi connectivity index (χ2v) is 3.54. The molecule has 0 aliphatic carbocycles. The lowest BCUT2D eigenvalue weighted by Crippen LogP contribution is -2.01. The molecular weight excluding hydrogens is 206 g/mol. The first-order chi connectivity index (χ1) is 5.36. The third-order valence-electron chi connectivity index (χ3n) is 1.99. The van der Waals surface area contributed by atoms with Gasteiger partial charge in [-0.3, -0.25) is 0 Å². The fourth-order valence-corrected chi connectivity index (χ4v) is 1.83. The molecule has 0 amide bonds.